The summed E-state index contributed by atoms with van der Waals surface area (Å²) in [6.45, 7) is 9.53. The van der Waals surface area contributed by atoms with Crippen LogP contribution in [-0.4, -0.2) is 56.8 Å². The van der Waals surface area contributed by atoms with Gasteiger partial charge in [0.25, 0.3) is 0 Å². The zero-order chi connectivity index (χ0) is 22.9. The summed E-state index contributed by atoms with van der Waals surface area (Å²) in [6, 6.07) is 5.28. The number of phenols is 1. The lowest BCUT2D eigenvalue weighted by atomic mass is 10.1. The van der Waals surface area contributed by atoms with E-state index in [1.165, 1.54) is 12.2 Å². The Labute approximate surface area is 184 Å². The van der Waals surface area contributed by atoms with Crippen LogP contribution < -0.4 is 20.7 Å². The number of aromatic hydroxyl groups is 1. The SMILES string of the molecule is C=CC(=O)NCCCCOc1ccc(C(CNC)OCCCCNC(=O)C=C)cc1O. The first-order chi connectivity index (χ1) is 15.0. The summed E-state index contributed by atoms with van der Waals surface area (Å²) in [5, 5.41) is 18.9. The highest BCUT2D eigenvalue weighted by Crippen LogP contribution is 2.30. The molecule has 1 aromatic carbocycles. The number of benzene rings is 1. The van der Waals surface area contributed by atoms with Gasteiger partial charge >= 0.3 is 0 Å². The van der Waals surface area contributed by atoms with Crippen molar-refractivity contribution in [3.63, 3.8) is 0 Å². The van der Waals surface area contributed by atoms with Crippen molar-refractivity contribution in [2.24, 2.45) is 0 Å². The van der Waals surface area contributed by atoms with E-state index in [0.717, 1.165) is 31.2 Å². The number of hydrogen-bond acceptors (Lipinski definition) is 6. The molecule has 2 amide bonds. The van der Waals surface area contributed by atoms with Gasteiger partial charge in [0.1, 0.15) is 0 Å². The third kappa shape index (κ3) is 11.2. The van der Waals surface area contributed by atoms with Crippen molar-refractivity contribution in [2.45, 2.75) is 31.8 Å². The Bertz CT molecular complexity index is 708. The minimum atomic E-state index is -0.207. The van der Waals surface area contributed by atoms with Gasteiger partial charge in [-0.25, -0.2) is 0 Å². The largest absolute Gasteiger partial charge is 0.504 e. The van der Waals surface area contributed by atoms with Crippen LogP contribution in [0.3, 0.4) is 0 Å². The quantitative estimate of drug-likeness (QED) is 0.222. The summed E-state index contributed by atoms with van der Waals surface area (Å²) in [5.41, 5.74) is 0.853. The van der Waals surface area contributed by atoms with E-state index in [2.05, 4.69) is 29.1 Å². The molecule has 0 fully saturated rings. The van der Waals surface area contributed by atoms with E-state index in [9.17, 15) is 14.7 Å². The van der Waals surface area contributed by atoms with E-state index in [1.54, 1.807) is 12.1 Å². The second-order valence-electron chi connectivity index (χ2n) is 6.90. The average molecular weight is 434 g/mol. The standard InChI is InChI=1S/C23H35N3O5/c1-4-22(28)25-12-6-8-14-30-20-11-10-18(16-19(20)27)21(17-24-3)31-15-9-7-13-26-23(29)5-2/h4-5,10-11,16,21,24,27H,1-2,6-9,12-15,17H2,3H3,(H,25,28)(H,26,29). The van der Waals surface area contributed by atoms with E-state index in [1.807, 2.05) is 13.1 Å². The number of carbonyl (C=O) groups excluding carboxylic acids is 2. The number of hydrogen-bond donors (Lipinski definition) is 4. The van der Waals surface area contributed by atoms with Crippen LogP contribution in [0.25, 0.3) is 0 Å². The van der Waals surface area contributed by atoms with Crippen LogP contribution in [0.5, 0.6) is 11.5 Å². The van der Waals surface area contributed by atoms with Gasteiger partial charge in [-0.15, -0.1) is 0 Å². The number of likely N-dealkylation sites (N-methyl/N-ethyl adjacent to an activating group) is 1. The van der Waals surface area contributed by atoms with Crippen LogP contribution in [0.4, 0.5) is 0 Å². The summed E-state index contributed by atoms with van der Waals surface area (Å²) >= 11 is 0. The first-order valence-electron chi connectivity index (χ1n) is 10.5. The van der Waals surface area contributed by atoms with E-state index >= 15 is 0 Å². The van der Waals surface area contributed by atoms with Gasteiger partial charge in [0.15, 0.2) is 11.5 Å². The number of phenolic OH excluding ortho intramolecular Hbond substituents is 1. The molecule has 4 N–H and O–H groups in total. The maximum absolute atomic E-state index is 11.1. The maximum atomic E-state index is 11.1. The Morgan fingerprint density at radius 1 is 1.03 bits per heavy atom. The first kappa shape index (κ1) is 26.2. The highest BCUT2D eigenvalue weighted by atomic mass is 16.5. The van der Waals surface area contributed by atoms with Crippen molar-refractivity contribution < 1.29 is 24.2 Å². The number of nitrogens with one attached hydrogen (secondary N) is 3. The molecule has 0 aliphatic rings. The van der Waals surface area contributed by atoms with E-state index < -0.39 is 0 Å². The van der Waals surface area contributed by atoms with Gasteiger partial charge in [0.05, 0.1) is 12.7 Å². The van der Waals surface area contributed by atoms with Crippen molar-refractivity contribution in [3.8, 4) is 11.5 Å². The van der Waals surface area contributed by atoms with Gasteiger partial charge in [-0.05, 0) is 62.6 Å². The van der Waals surface area contributed by atoms with Crippen LogP contribution in [0.2, 0.25) is 0 Å². The second-order valence-corrected chi connectivity index (χ2v) is 6.90. The lowest BCUT2D eigenvalue weighted by Crippen LogP contribution is -2.23. The third-order valence-electron chi connectivity index (χ3n) is 4.43. The molecule has 1 rings (SSSR count). The van der Waals surface area contributed by atoms with E-state index in [0.29, 0.717) is 38.6 Å². The maximum Gasteiger partial charge on any atom is 0.243 e. The molecule has 172 valence electrons. The van der Waals surface area contributed by atoms with Crippen molar-refractivity contribution in [1.82, 2.24) is 16.0 Å². The van der Waals surface area contributed by atoms with Crippen LogP contribution >= 0.6 is 0 Å². The van der Waals surface area contributed by atoms with Crippen molar-refractivity contribution >= 4 is 11.8 Å². The molecule has 1 aromatic rings. The van der Waals surface area contributed by atoms with E-state index in [4.69, 9.17) is 9.47 Å². The predicted octanol–water partition coefficient (Wildman–Crippen LogP) is 2.21. The fourth-order valence-electron chi connectivity index (χ4n) is 2.74. The number of amides is 2. The van der Waals surface area contributed by atoms with Crippen LogP contribution in [0, 0.1) is 0 Å². The normalized spacial score (nSPS) is 11.4. The molecule has 0 aliphatic heterocycles. The van der Waals surface area contributed by atoms with Crippen molar-refractivity contribution in [3.05, 3.63) is 49.1 Å². The molecule has 0 radical (unpaired) electrons. The average Bonchev–Trinajstić information content (AvgIpc) is 2.77. The molecular formula is C23H35N3O5. The van der Waals surface area contributed by atoms with Crippen molar-refractivity contribution in [2.75, 3.05) is 39.9 Å². The summed E-state index contributed by atoms with van der Waals surface area (Å²) in [6.07, 6.45) is 5.42. The zero-order valence-corrected chi connectivity index (χ0v) is 18.3. The molecule has 0 bridgehead atoms. The van der Waals surface area contributed by atoms with Crippen molar-refractivity contribution in [1.29, 1.82) is 0 Å². The third-order valence-corrected chi connectivity index (χ3v) is 4.43. The molecule has 0 saturated heterocycles. The Kier molecular flexibility index (Phi) is 13.5. The topological polar surface area (TPSA) is 109 Å². The molecule has 0 saturated carbocycles. The fraction of sp³-hybridized carbons (Fsp3) is 0.478. The Morgan fingerprint density at radius 3 is 2.19 bits per heavy atom. The molecule has 0 aliphatic carbocycles. The van der Waals surface area contributed by atoms with Crippen LogP contribution in [0.1, 0.15) is 37.4 Å². The lowest BCUT2D eigenvalue weighted by molar-refractivity contribution is -0.117. The van der Waals surface area contributed by atoms with Gasteiger partial charge < -0.3 is 30.5 Å². The molecule has 0 aromatic heterocycles. The number of carbonyl (C=O) groups is 2. The molecule has 8 nitrogen and oxygen atoms in total. The summed E-state index contributed by atoms with van der Waals surface area (Å²) in [7, 11) is 1.84. The first-order valence-corrected chi connectivity index (χ1v) is 10.5. The number of ether oxygens (including phenoxy) is 2. The van der Waals surface area contributed by atoms with Gasteiger partial charge in [0.2, 0.25) is 11.8 Å². The number of rotatable bonds is 17. The predicted molar refractivity (Wildman–Crippen MR) is 121 cm³/mol. The smallest absolute Gasteiger partial charge is 0.243 e. The van der Waals surface area contributed by atoms with Gasteiger partial charge in [-0.3, -0.25) is 9.59 Å². The van der Waals surface area contributed by atoms with Gasteiger partial charge in [-0.1, -0.05) is 19.2 Å². The van der Waals surface area contributed by atoms with E-state index in [-0.39, 0.29) is 23.7 Å². The van der Waals surface area contributed by atoms with Crippen LogP contribution in [-0.2, 0) is 14.3 Å². The minimum absolute atomic E-state index is 0.0642. The molecular weight excluding hydrogens is 398 g/mol. The molecule has 0 spiro atoms. The molecule has 0 heterocycles. The highest BCUT2D eigenvalue weighted by Gasteiger charge is 2.14. The lowest BCUT2D eigenvalue weighted by Gasteiger charge is -2.19. The zero-order valence-electron chi connectivity index (χ0n) is 18.3. The Morgan fingerprint density at radius 2 is 1.65 bits per heavy atom. The van der Waals surface area contributed by atoms with Crippen LogP contribution in [0.15, 0.2) is 43.5 Å². The fourth-order valence-corrected chi connectivity index (χ4v) is 2.74. The Balaban J connectivity index is 2.41. The van der Waals surface area contributed by atoms with Gasteiger partial charge in [0, 0.05) is 26.2 Å². The molecule has 1 atom stereocenters. The molecule has 31 heavy (non-hydrogen) atoms. The monoisotopic (exact) mass is 433 g/mol. The minimum Gasteiger partial charge on any atom is -0.504 e. The molecule has 8 heteroatoms. The summed E-state index contributed by atoms with van der Waals surface area (Å²) in [4.78, 5) is 22.2. The number of unbranched alkanes of at least 4 members (excludes halogenated alkanes) is 2. The van der Waals surface area contributed by atoms with Gasteiger partial charge in [-0.2, -0.15) is 0 Å². The second kappa shape index (κ2) is 15.9. The Hall–Kier alpha value is -2.84. The summed E-state index contributed by atoms with van der Waals surface area (Å²) < 4.78 is 11.6. The highest BCUT2D eigenvalue weighted by molar-refractivity contribution is 5.87. The molecule has 1 unspecified atom stereocenters. The summed E-state index contributed by atoms with van der Waals surface area (Å²) in [5.74, 6) is 0.118.